The molecule has 4 aromatic rings. The number of hydrogen-bond acceptors (Lipinski definition) is 3. The highest BCUT2D eigenvalue weighted by Gasteiger charge is 2.27. The van der Waals surface area contributed by atoms with Crippen molar-refractivity contribution >= 4 is 22.7 Å². The van der Waals surface area contributed by atoms with E-state index in [2.05, 4.69) is 21.7 Å². The van der Waals surface area contributed by atoms with Crippen LogP contribution in [-0.2, 0) is 4.79 Å². The summed E-state index contributed by atoms with van der Waals surface area (Å²) in [7, 11) is 1.64. The van der Waals surface area contributed by atoms with Crippen LogP contribution in [0, 0.1) is 12.8 Å². The second-order valence-corrected chi connectivity index (χ2v) is 9.37. The highest BCUT2D eigenvalue weighted by atomic mass is 16.5. The van der Waals surface area contributed by atoms with Gasteiger partial charge in [-0.1, -0.05) is 62.4 Å². The molecule has 0 radical (unpaired) electrons. The lowest BCUT2D eigenvalue weighted by molar-refractivity contribution is -0.123. The first-order valence-electron chi connectivity index (χ1n) is 12.2. The molecule has 0 aliphatic rings. The highest BCUT2D eigenvalue weighted by Crippen LogP contribution is 2.31. The Labute approximate surface area is 212 Å². The van der Waals surface area contributed by atoms with E-state index in [4.69, 9.17) is 4.74 Å². The molecule has 2 unspecified atom stereocenters. The van der Waals surface area contributed by atoms with Crippen LogP contribution in [0.15, 0.2) is 79.0 Å². The minimum Gasteiger partial charge on any atom is -0.497 e. The molecule has 4 rings (SSSR count). The molecule has 0 saturated heterocycles. The van der Waals surface area contributed by atoms with Crippen LogP contribution in [0.3, 0.4) is 0 Å². The molecule has 6 nitrogen and oxygen atoms in total. The molecule has 0 bridgehead atoms. The first kappa shape index (κ1) is 25.0. The molecule has 0 aliphatic heterocycles. The van der Waals surface area contributed by atoms with Crippen LogP contribution in [-0.4, -0.2) is 36.5 Å². The largest absolute Gasteiger partial charge is 0.497 e. The third-order valence-electron chi connectivity index (χ3n) is 6.62. The summed E-state index contributed by atoms with van der Waals surface area (Å²) in [6.07, 6.45) is 2.01. The molecule has 0 aliphatic carbocycles. The summed E-state index contributed by atoms with van der Waals surface area (Å²) in [5.41, 5.74) is 4.65. The first-order valence-corrected chi connectivity index (χ1v) is 12.2. The number of aromatic amines is 1. The predicted octanol–water partition coefficient (Wildman–Crippen LogP) is 5.19. The predicted molar refractivity (Wildman–Crippen MR) is 143 cm³/mol. The number of ether oxygens (including phenoxy) is 1. The van der Waals surface area contributed by atoms with Crippen molar-refractivity contribution in [3.05, 3.63) is 101 Å². The molecule has 1 heterocycles. The molecule has 0 fully saturated rings. The number of carbonyl (C=O) groups is 2. The van der Waals surface area contributed by atoms with Gasteiger partial charge >= 0.3 is 0 Å². The van der Waals surface area contributed by atoms with E-state index < -0.39 is 6.04 Å². The molecule has 2 amide bonds. The third-order valence-corrected chi connectivity index (χ3v) is 6.62. The third kappa shape index (κ3) is 5.43. The van der Waals surface area contributed by atoms with Crippen molar-refractivity contribution in [3.63, 3.8) is 0 Å². The maximum atomic E-state index is 13.4. The Balaban J connectivity index is 1.57. The molecule has 186 valence electrons. The zero-order valence-electron chi connectivity index (χ0n) is 21.2. The first-order chi connectivity index (χ1) is 17.4. The maximum absolute atomic E-state index is 13.4. The van der Waals surface area contributed by atoms with Gasteiger partial charge in [-0.15, -0.1) is 0 Å². The van der Waals surface area contributed by atoms with Crippen LogP contribution in [0.25, 0.3) is 10.9 Å². The second kappa shape index (κ2) is 11.1. The molecule has 6 heteroatoms. The minimum atomic E-state index is -0.656. The maximum Gasteiger partial charge on any atom is 0.252 e. The summed E-state index contributed by atoms with van der Waals surface area (Å²) >= 11 is 0. The molecule has 0 saturated carbocycles. The van der Waals surface area contributed by atoms with Crippen LogP contribution >= 0.6 is 0 Å². The summed E-state index contributed by atoms with van der Waals surface area (Å²) in [4.78, 5) is 29.6. The summed E-state index contributed by atoms with van der Waals surface area (Å²) in [6, 6.07) is 22.8. The number of amides is 2. The number of H-pyrrole nitrogens is 1. The number of aryl methyl sites for hydroxylation is 1. The van der Waals surface area contributed by atoms with E-state index in [-0.39, 0.29) is 23.7 Å². The molecule has 1 aromatic heterocycles. The summed E-state index contributed by atoms with van der Waals surface area (Å²) in [5, 5.41) is 7.17. The summed E-state index contributed by atoms with van der Waals surface area (Å²) in [5.74, 6) is 0.163. The van der Waals surface area contributed by atoms with E-state index in [0.717, 1.165) is 33.3 Å². The molecule has 3 N–H and O–H groups in total. The fraction of sp³-hybridized carbons (Fsp3) is 0.267. The number of fused-ring (bicyclic) bond motifs is 1. The van der Waals surface area contributed by atoms with E-state index in [9.17, 15) is 9.59 Å². The standard InChI is InChI=1S/C30H33N3O3/c1-19(2)28(33-29(34)23-10-6-5-9-20(23)3)30(35)32-17-25(21-13-15-22(36-4)16-14-21)26-18-31-27-12-8-7-11-24(26)27/h5-16,18-19,25,28,31H,17H2,1-4H3,(H,32,35)(H,33,34). The average Bonchev–Trinajstić information content (AvgIpc) is 3.31. The number of para-hydroxylation sites is 1. The summed E-state index contributed by atoms with van der Waals surface area (Å²) < 4.78 is 5.33. The molecule has 2 atom stereocenters. The highest BCUT2D eigenvalue weighted by molar-refractivity contribution is 5.98. The number of nitrogens with one attached hydrogen (secondary N) is 3. The van der Waals surface area contributed by atoms with E-state index >= 15 is 0 Å². The fourth-order valence-corrected chi connectivity index (χ4v) is 4.52. The molecule has 3 aromatic carbocycles. The normalized spacial score (nSPS) is 12.8. The number of rotatable bonds is 9. The van der Waals surface area contributed by atoms with E-state index in [1.54, 1.807) is 13.2 Å². The Morgan fingerprint density at radius 1 is 0.944 bits per heavy atom. The van der Waals surface area contributed by atoms with Crippen LogP contribution in [0.1, 0.15) is 46.8 Å². The molecule has 36 heavy (non-hydrogen) atoms. The Morgan fingerprint density at radius 3 is 2.33 bits per heavy atom. The van der Waals surface area contributed by atoms with Gasteiger partial charge in [0, 0.05) is 35.1 Å². The molecular formula is C30H33N3O3. The van der Waals surface area contributed by atoms with E-state index in [0.29, 0.717) is 12.1 Å². The lowest BCUT2D eigenvalue weighted by Crippen LogP contribution is -2.50. The zero-order valence-corrected chi connectivity index (χ0v) is 21.2. The number of hydrogen-bond donors (Lipinski definition) is 3. The fourth-order valence-electron chi connectivity index (χ4n) is 4.52. The number of carbonyl (C=O) groups excluding carboxylic acids is 2. The average molecular weight is 484 g/mol. The lowest BCUT2D eigenvalue weighted by atomic mass is 9.90. The Morgan fingerprint density at radius 2 is 1.64 bits per heavy atom. The number of methoxy groups -OCH3 is 1. The van der Waals surface area contributed by atoms with Gasteiger partial charge in [0.1, 0.15) is 11.8 Å². The van der Waals surface area contributed by atoms with Crippen molar-refractivity contribution in [1.82, 2.24) is 15.6 Å². The van der Waals surface area contributed by atoms with Crippen LogP contribution < -0.4 is 15.4 Å². The van der Waals surface area contributed by atoms with Crippen molar-refractivity contribution in [2.75, 3.05) is 13.7 Å². The summed E-state index contributed by atoms with van der Waals surface area (Å²) in [6.45, 7) is 6.14. The van der Waals surface area contributed by atoms with Crippen molar-refractivity contribution < 1.29 is 14.3 Å². The number of aromatic nitrogens is 1. The SMILES string of the molecule is COc1ccc(C(CNC(=O)C(NC(=O)c2ccccc2C)C(C)C)c2c[nH]c3ccccc23)cc1. The molecular weight excluding hydrogens is 450 g/mol. The monoisotopic (exact) mass is 483 g/mol. The van der Waals surface area contributed by atoms with Gasteiger partial charge < -0.3 is 20.4 Å². The minimum absolute atomic E-state index is 0.0782. The quantitative estimate of drug-likeness (QED) is 0.306. The van der Waals surface area contributed by atoms with E-state index in [1.807, 2.05) is 87.6 Å². The van der Waals surface area contributed by atoms with Gasteiger partial charge in [-0.25, -0.2) is 0 Å². The van der Waals surface area contributed by atoms with Gasteiger partial charge in [0.25, 0.3) is 5.91 Å². The van der Waals surface area contributed by atoms with Crippen molar-refractivity contribution in [2.24, 2.45) is 5.92 Å². The van der Waals surface area contributed by atoms with Gasteiger partial charge in [-0.05, 0) is 53.8 Å². The Bertz CT molecular complexity index is 1340. The van der Waals surface area contributed by atoms with Gasteiger partial charge in [-0.3, -0.25) is 9.59 Å². The van der Waals surface area contributed by atoms with Crippen LogP contribution in [0.4, 0.5) is 0 Å². The van der Waals surface area contributed by atoms with Crippen LogP contribution in [0.2, 0.25) is 0 Å². The smallest absolute Gasteiger partial charge is 0.252 e. The van der Waals surface area contributed by atoms with Crippen LogP contribution in [0.5, 0.6) is 5.75 Å². The topological polar surface area (TPSA) is 83.2 Å². The Hall–Kier alpha value is -4.06. The lowest BCUT2D eigenvalue weighted by Gasteiger charge is -2.24. The van der Waals surface area contributed by atoms with Gasteiger partial charge in [0.05, 0.1) is 7.11 Å². The van der Waals surface area contributed by atoms with Crippen molar-refractivity contribution in [1.29, 1.82) is 0 Å². The van der Waals surface area contributed by atoms with Crippen molar-refractivity contribution in [3.8, 4) is 5.75 Å². The van der Waals surface area contributed by atoms with E-state index in [1.165, 1.54) is 0 Å². The second-order valence-electron chi connectivity index (χ2n) is 9.37. The van der Waals surface area contributed by atoms with Gasteiger partial charge in [0.15, 0.2) is 0 Å². The Kier molecular flexibility index (Phi) is 7.74. The zero-order chi connectivity index (χ0) is 25.7. The van der Waals surface area contributed by atoms with Gasteiger partial charge in [0.2, 0.25) is 5.91 Å². The van der Waals surface area contributed by atoms with Gasteiger partial charge in [-0.2, -0.15) is 0 Å². The molecule has 0 spiro atoms. The van der Waals surface area contributed by atoms with Crippen molar-refractivity contribution in [2.45, 2.75) is 32.7 Å². The number of benzene rings is 3.